The summed E-state index contributed by atoms with van der Waals surface area (Å²) in [6.45, 7) is 10.6. The van der Waals surface area contributed by atoms with E-state index < -0.39 is 11.4 Å². The molecule has 102 valence electrons. The molecule has 2 rings (SSSR count). The topological polar surface area (TPSA) is 52.9 Å². The molecule has 0 spiro atoms. The Kier molecular flexibility index (Phi) is 3.76. The van der Waals surface area contributed by atoms with Crippen molar-refractivity contribution in [3.63, 3.8) is 0 Å². The second-order valence-electron chi connectivity index (χ2n) is 6.33. The van der Waals surface area contributed by atoms with E-state index in [1.54, 1.807) is 0 Å². The van der Waals surface area contributed by atoms with Crippen molar-refractivity contribution in [1.29, 1.82) is 0 Å². The van der Waals surface area contributed by atoms with Crippen molar-refractivity contribution in [3.05, 3.63) is 18.0 Å². The number of hydrogen-bond donors (Lipinski definition) is 1. The predicted molar refractivity (Wildman–Crippen MR) is 74.5 cm³/mol. The van der Waals surface area contributed by atoms with Gasteiger partial charge in [0, 0.05) is 17.6 Å². The third-order valence-corrected chi connectivity index (χ3v) is 4.87. The van der Waals surface area contributed by atoms with Gasteiger partial charge in [0.05, 0.1) is 17.8 Å². The van der Waals surface area contributed by atoms with Gasteiger partial charge in [-0.1, -0.05) is 20.8 Å². The molecule has 18 heavy (non-hydrogen) atoms. The Morgan fingerprint density at radius 3 is 2.72 bits per heavy atom. The number of aromatic nitrogens is 2. The van der Waals surface area contributed by atoms with Crippen LogP contribution in [0.2, 0.25) is 0 Å². The van der Waals surface area contributed by atoms with Crippen molar-refractivity contribution in [3.8, 4) is 0 Å². The molecular weight excluding hydrogens is 246 g/mol. The third-order valence-electron chi connectivity index (χ3n) is 3.50. The third kappa shape index (κ3) is 2.58. The zero-order valence-corrected chi connectivity index (χ0v) is 12.6. The van der Waals surface area contributed by atoms with Crippen LogP contribution in [0.1, 0.15) is 58.8 Å². The van der Waals surface area contributed by atoms with E-state index >= 15 is 0 Å². The Balaban J connectivity index is 2.18. The molecule has 4 nitrogen and oxygen atoms in total. The predicted octanol–water partition coefficient (Wildman–Crippen LogP) is 2.58. The van der Waals surface area contributed by atoms with E-state index in [0.717, 1.165) is 12.1 Å². The van der Waals surface area contributed by atoms with Crippen LogP contribution in [0.3, 0.4) is 0 Å². The Bertz CT molecular complexity index is 411. The molecule has 0 saturated heterocycles. The highest BCUT2D eigenvalue weighted by Crippen LogP contribution is 2.43. The molecule has 1 aliphatic rings. The second kappa shape index (κ2) is 4.87. The molecule has 2 heterocycles. The quantitative estimate of drug-likeness (QED) is 0.858. The summed E-state index contributed by atoms with van der Waals surface area (Å²) < 4.78 is 17.3. The molecule has 1 N–H and O–H groups in total. The zero-order valence-electron chi connectivity index (χ0n) is 11.8. The summed E-state index contributed by atoms with van der Waals surface area (Å²) >= 11 is -0.986. The van der Waals surface area contributed by atoms with E-state index in [1.165, 1.54) is 0 Å². The number of nitrogens with one attached hydrogen (secondary N) is 1. The lowest BCUT2D eigenvalue weighted by molar-refractivity contribution is 0.229. The van der Waals surface area contributed by atoms with Gasteiger partial charge >= 0.3 is 0 Å². The molecule has 0 aliphatic carbocycles. The number of fused-ring (bicyclic) bond motifs is 1. The molecule has 0 amide bonds. The molecule has 0 fully saturated rings. The summed E-state index contributed by atoms with van der Waals surface area (Å²) in [5.41, 5.74) is 1.32. The average molecular weight is 269 g/mol. The van der Waals surface area contributed by atoms with Crippen molar-refractivity contribution in [1.82, 2.24) is 14.5 Å². The van der Waals surface area contributed by atoms with Gasteiger partial charge < -0.3 is 4.55 Å². The first-order valence-electron chi connectivity index (χ1n) is 6.51. The fraction of sp³-hybridized carbons (Fsp3) is 0.769. The van der Waals surface area contributed by atoms with E-state index in [4.69, 9.17) is 0 Å². The summed E-state index contributed by atoms with van der Waals surface area (Å²) in [5.74, 6) is 0. The van der Waals surface area contributed by atoms with Gasteiger partial charge in [0.1, 0.15) is 5.25 Å². The van der Waals surface area contributed by atoms with E-state index in [0.29, 0.717) is 6.04 Å². The smallest absolute Gasteiger partial charge is 0.129 e. The standard InChI is InChI=1S/C13H23N3OS/c1-9(2)18(17)15-10-8-12(13(3,4)5)16-11(10)6-7-14-16/h6-7,9-10,12,15H,8H2,1-5H3/t10-,12+,18?/m1/s1. The van der Waals surface area contributed by atoms with Crippen LogP contribution in [0.25, 0.3) is 0 Å². The first-order chi connectivity index (χ1) is 8.30. The van der Waals surface area contributed by atoms with Crippen LogP contribution in [0, 0.1) is 5.41 Å². The van der Waals surface area contributed by atoms with Crippen LogP contribution in [-0.2, 0) is 11.4 Å². The number of nitrogens with zero attached hydrogens (tertiary/aromatic N) is 2. The Morgan fingerprint density at radius 1 is 1.50 bits per heavy atom. The molecule has 5 heteroatoms. The van der Waals surface area contributed by atoms with Gasteiger partial charge in [-0.2, -0.15) is 5.10 Å². The van der Waals surface area contributed by atoms with Crippen LogP contribution in [0.15, 0.2) is 12.3 Å². The van der Waals surface area contributed by atoms with Gasteiger partial charge in [0.2, 0.25) is 0 Å². The minimum Gasteiger partial charge on any atom is -0.598 e. The maximum Gasteiger partial charge on any atom is 0.129 e. The van der Waals surface area contributed by atoms with Gasteiger partial charge in [-0.15, -0.1) is 4.72 Å². The van der Waals surface area contributed by atoms with E-state index in [2.05, 4.69) is 35.3 Å². The SMILES string of the molecule is CC(C)[S+]([O-])N[C@@H]1C[C@@H](C(C)(C)C)n2nccc21. The molecule has 0 saturated carbocycles. The fourth-order valence-corrected chi connectivity index (χ4v) is 3.18. The maximum atomic E-state index is 12.0. The molecule has 1 aliphatic heterocycles. The highest BCUT2D eigenvalue weighted by Gasteiger charge is 2.40. The molecular formula is C13H23N3OS. The van der Waals surface area contributed by atoms with Gasteiger partial charge in [-0.25, -0.2) is 0 Å². The van der Waals surface area contributed by atoms with Crippen molar-refractivity contribution in [2.75, 3.05) is 0 Å². The summed E-state index contributed by atoms with van der Waals surface area (Å²) in [5, 5.41) is 4.56. The Labute approximate surface area is 112 Å². The molecule has 1 aromatic heterocycles. The van der Waals surface area contributed by atoms with E-state index in [9.17, 15) is 4.55 Å². The minimum atomic E-state index is -0.986. The lowest BCUT2D eigenvalue weighted by atomic mass is 9.85. The van der Waals surface area contributed by atoms with Crippen molar-refractivity contribution in [2.24, 2.45) is 5.41 Å². The highest BCUT2D eigenvalue weighted by atomic mass is 32.2. The minimum absolute atomic E-state index is 0.134. The van der Waals surface area contributed by atoms with E-state index in [-0.39, 0.29) is 16.7 Å². The van der Waals surface area contributed by atoms with Gasteiger partial charge in [-0.3, -0.25) is 4.68 Å². The Hall–Kier alpha value is -0.520. The second-order valence-corrected chi connectivity index (χ2v) is 8.11. The van der Waals surface area contributed by atoms with Crippen LogP contribution < -0.4 is 4.72 Å². The molecule has 3 atom stereocenters. The van der Waals surface area contributed by atoms with Crippen LogP contribution in [0.5, 0.6) is 0 Å². The molecule has 1 unspecified atom stereocenters. The van der Waals surface area contributed by atoms with Crippen LogP contribution >= 0.6 is 0 Å². The first-order valence-corrected chi connectivity index (χ1v) is 7.72. The summed E-state index contributed by atoms with van der Waals surface area (Å²) in [4.78, 5) is 0. The van der Waals surface area contributed by atoms with Crippen molar-refractivity contribution < 1.29 is 4.55 Å². The number of hydrogen-bond acceptors (Lipinski definition) is 3. The van der Waals surface area contributed by atoms with Crippen molar-refractivity contribution >= 4 is 11.4 Å². The van der Waals surface area contributed by atoms with E-state index in [1.807, 2.05) is 26.1 Å². The monoisotopic (exact) mass is 269 g/mol. The largest absolute Gasteiger partial charge is 0.598 e. The molecule has 0 bridgehead atoms. The first kappa shape index (κ1) is 13.9. The molecule has 1 aromatic rings. The average Bonchev–Trinajstić information content (AvgIpc) is 2.79. The normalized spacial score (nSPS) is 25.5. The maximum absolute atomic E-state index is 12.0. The zero-order chi connectivity index (χ0) is 13.5. The van der Waals surface area contributed by atoms with Crippen LogP contribution in [-0.4, -0.2) is 19.6 Å². The highest BCUT2D eigenvalue weighted by molar-refractivity contribution is 7.90. The lowest BCUT2D eigenvalue weighted by Gasteiger charge is -2.27. The van der Waals surface area contributed by atoms with Crippen molar-refractivity contribution in [2.45, 2.75) is 58.4 Å². The summed E-state index contributed by atoms with van der Waals surface area (Å²) in [6, 6.07) is 2.55. The Morgan fingerprint density at radius 2 is 2.17 bits per heavy atom. The van der Waals surface area contributed by atoms with Gasteiger partial charge in [0.25, 0.3) is 0 Å². The fourth-order valence-electron chi connectivity index (χ4n) is 2.41. The van der Waals surface area contributed by atoms with Crippen LogP contribution in [0.4, 0.5) is 0 Å². The summed E-state index contributed by atoms with van der Waals surface area (Å²) in [7, 11) is 0. The lowest BCUT2D eigenvalue weighted by Crippen LogP contribution is -2.33. The van der Waals surface area contributed by atoms with Gasteiger partial charge in [-0.05, 0) is 31.7 Å². The molecule has 0 radical (unpaired) electrons. The number of rotatable bonds is 3. The molecule has 0 aromatic carbocycles. The van der Waals surface area contributed by atoms with Gasteiger partial charge in [0.15, 0.2) is 0 Å². The summed E-state index contributed by atoms with van der Waals surface area (Å²) in [6.07, 6.45) is 2.80.